The number of amides is 1. The smallest absolute Gasteiger partial charge is 0.260 e. The zero-order valence-electron chi connectivity index (χ0n) is 11.1. The molecule has 0 atom stereocenters. The molecule has 0 spiro atoms. The standard InChI is InChI=1S/C14H19ClN2O2/c1-2-17(11-6-7-11)13(18)9-19-14-10(8-16)4-3-5-12(14)15/h3-5,11H,2,6-9,16H2,1H3. The third-order valence-corrected chi connectivity index (χ3v) is 3.55. The van der Waals surface area contributed by atoms with E-state index in [9.17, 15) is 4.79 Å². The summed E-state index contributed by atoms with van der Waals surface area (Å²) in [5.74, 6) is 0.528. The van der Waals surface area contributed by atoms with Gasteiger partial charge in [-0.1, -0.05) is 23.7 Å². The largest absolute Gasteiger partial charge is 0.482 e. The number of hydrogen-bond donors (Lipinski definition) is 1. The summed E-state index contributed by atoms with van der Waals surface area (Å²) in [6, 6.07) is 5.81. The van der Waals surface area contributed by atoms with E-state index in [4.69, 9.17) is 22.1 Å². The van der Waals surface area contributed by atoms with Crippen molar-refractivity contribution < 1.29 is 9.53 Å². The van der Waals surface area contributed by atoms with Crippen LogP contribution in [0.5, 0.6) is 5.75 Å². The molecule has 1 saturated carbocycles. The summed E-state index contributed by atoms with van der Waals surface area (Å²) < 4.78 is 5.58. The first-order chi connectivity index (χ1) is 9.17. The highest BCUT2D eigenvalue weighted by Gasteiger charge is 2.31. The molecule has 0 bridgehead atoms. The SMILES string of the molecule is CCN(C(=O)COc1c(Cl)cccc1CN)C1CC1. The van der Waals surface area contributed by atoms with E-state index in [2.05, 4.69) is 0 Å². The van der Waals surface area contributed by atoms with Crippen molar-refractivity contribution in [2.75, 3.05) is 13.2 Å². The number of para-hydroxylation sites is 1. The summed E-state index contributed by atoms with van der Waals surface area (Å²) in [6.45, 7) is 3.06. The number of rotatable bonds is 6. The van der Waals surface area contributed by atoms with Crippen LogP contribution in [0.2, 0.25) is 5.02 Å². The van der Waals surface area contributed by atoms with Gasteiger partial charge in [0.05, 0.1) is 5.02 Å². The van der Waals surface area contributed by atoms with Gasteiger partial charge in [0.25, 0.3) is 5.91 Å². The Morgan fingerprint density at radius 2 is 2.26 bits per heavy atom. The Labute approximate surface area is 118 Å². The molecule has 1 aromatic carbocycles. The quantitative estimate of drug-likeness (QED) is 0.870. The summed E-state index contributed by atoms with van der Waals surface area (Å²) in [6.07, 6.45) is 2.19. The van der Waals surface area contributed by atoms with Gasteiger partial charge in [-0.2, -0.15) is 0 Å². The lowest BCUT2D eigenvalue weighted by atomic mass is 10.2. The molecule has 1 fully saturated rings. The molecule has 0 aromatic heterocycles. The van der Waals surface area contributed by atoms with Crippen LogP contribution in [0.25, 0.3) is 0 Å². The van der Waals surface area contributed by atoms with E-state index in [0.717, 1.165) is 24.9 Å². The van der Waals surface area contributed by atoms with Gasteiger partial charge in [0.15, 0.2) is 6.61 Å². The van der Waals surface area contributed by atoms with Gasteiger partial charge in [0, 0.05) is 24.7 Å². The molecule has 0 radical (unpaired) electrons. The molecular formula is C14H19ClN2O2. The van der Waals surface area contributed by atoms with Gasteiger partial charge >= 0.3 is 0 Å². The minimum absolute atomic E-state index is 0.00731. The molecule has 2 rings (SSSR count). The number of carbonyl (C=O) groups is 1. The fraction of sp³-hybridized carbons (Fsp3) is 0.500. The molecule has 1 amide bonds. The number of hydrogen-bond acceptors (Lipinski definition) is 3. The maximum absolute atomic E-state index is 12.1. The molecule has 1 aliphatic carbocycles. The summed E-state index contributed by atoms with van der Waals surface area (Å²) in [7, 11) is 0. The van der Waals surface area contributed by atoms with Crippen LogP contribution < -0.4 is 10.5 Å². The normalized spacial score (nSPS) is 14.3. The molecule has 104 valence electrons. The Kier molecular flexibility index (Phi) is 4.66. The summed E-state index contributed by atoms with van der Waals surface area (Å²) in [4.78, 5) is 13.9. The average Bonchev–Trinajstić information content (AvgIpc) is 3.22. The second-order valence-electron chi connectivity index (χ2n) is 4.63. The number of nitrogens with two attached hydrogens (primary N) is 1. The Morgan fingerprint density at radius 1 is 1.53 bits per heavy atom. The topological polar surface area (TPSA) is 55.6 Å². The second-order valence-corrected chi connectivity index (χ2v) is 5.04. The maximum atomic E-state index is 12.1. The lowest BCUT2D eigenvalue weighted by Crippen LogP contribution is -2.36. The predicted molar refractivity (Wildman–Crippen MR) is 75.2 cm³/mol. The number of carbonyl (C=O) groups excluding carboxylic acids is 1. The Hall–Kier alpha value is -1.26. The molecule has 19 heavy (non-hydrogen) atoms. The lowest BCUT2D eigenvalue weighted by Gasteiger charge is -2.21. The van der Waals surface area contributed by atoms with E-state index >= 15 is 0 Å². The van der Waals surface area contributed by atoms with Gasteiger partial charge in [0.2, 0.25) is 0 Å². The minimum Gasteiger partial charge on any atom is -0.482 e. The molecular weight excluding hydrogens is 264 g/mol. The van der Waals surface area contributed by atoms with Crippen LogP contribution in [-0.4, -0.2) is 30.0 Å². The first-order valence-electron chi connectivity index (χ1n) is 6.57. The highest BCUT2D eigenvalue weighted by Crippen LogP contribution is 2.29. The third kappa shape index (κ3) is 3.39. The monoisotopic (exact) mass is 282 g/mol. The first-order valence-corrected chi connectivity index (χ1v) is 6.94. The van der Waals surface area contributed by atoms with Gasteiger partial charge in [-0.15, -0.1) is 0 Å². The minimum atomic E-state index is 0.00731. The molecule has 1 aliphatic rings. The summed E-state index contributed by atoms with van der Waals surface area (Å²) in [5, 5.41) is 0.491. The summed E-state index contributed by atoms with van der Waals surface area (Å²) >= 11 is 6.07. The van der Waals surface area contributed by atoms with Crippen molar-refractivity contribution in [3.63, 3.8) is 0 Å². The van der Waals surface area contributed by atoms with Crippen molar-refractivity contribution in [2.24, 2.45) is 5.73 Å². The van der Waals surface area contributed by atoms with Crippen LogP contribution in [0.15, 0.2) is 18.2 Å². The molecule has 0 aliphatic heterocycles. The molecule has 2 N–H and O–H groups in total. The molecule has 0 heterocycles. The third-order valence-electron chi connectivity index (χ3n) is 3.26. The highest BCUT2D eigenvalue weighted by molar-refractivity contribution is 6.32. The van der Waals surface area contributed by atoms with Crippen LogP contribution >= 0.6 is 11.6 Å². The fourth-order valence-corrected chi connectivity index (χ4v) is 2.37. The molecule has 0 unspecified atom stereocenters. The van der Waals surface area contributed by atoms with Crippen molar-refractivity contribution in [2.45, 2.75) is 32.4 Å². The van der Waals surface area contributed by atoms with Crippen molar-refractivity contribution >= 4 is 17.5 Å². The van der Waals surface area contributed by atoms with Crippen molar-refractivity contribution in [1.29, 1.82) is 0 Å². The van der Waals surface area contributed by atoms with E-state index in [1.807, 2.05) is 24.0 Å². The number of ether oxygens (including phenoxy) is 1. The second kappa shape index (κ2) is 6.26. The Bertz CT molecular complexity index is 461. The molecule has 0 saturated heterocycles. The zero-order chi connectivity index (χ0) is 13.8. The van der Waals surface area contributed by atoms with E-state index in [1.165, 1.54) is 0 Å². The van der Waals surface area contributed by atoms with E-state index in [1.54, 1.807) is 6.07 Å². The van der Waals surface area contributed by atoms with Gasteiger partial charge in [0.1, 0.15) is 5.75 Å². The summed E-state index contributed by atoms with van der Waals surface area (Å²) in [5.41, 5.74) is 6.45. The van der Waals surface area contributed by atoms with Crippen molar-refractivity contribution in [3.8, 4) is 5.75 Å². The molecule has 1 aromatic rings. The maximum Gasteiger partial charge on any atom is 0.260 e. The van der Waals surface area contributed by atoms with Crippen LogP contribution in [0, 0.1) is 0 Å². The molecule has 5 heteroatoms. The Morgan fingerprint density at radius 3 is 2.84 bits per heavy atom. The van der Waals surface area contributed by atoms with Gasteiger partial charge in [-0.3, -0.25) is 4.79 Å². The van der Waals surface area contributed by atoms with Crippen LogP contribution in [0.4, 0.5) is 0 Å². The van der Waals surface area contributed by atoms with Crippen molar-refractivity contribution in [3.05, 3.63) is 28.8 Å². The Balaban J connectivity index is 2.00. The predicted octanol–water partition coefficient (Wildman–Crippen LogP) is 2.19. The van der Waals surface area contributed by atoms with Crippen LogP contribution in [0.1, 0.15) is 25.3 Å². The van der Waals surface area contributed by atoms with E-state index < -0.39 is 0 Å². The fourth-order valence-electron chi connectivity index (χ4n) is 2.12. The van der Waals surface area contributed by atoms with Crippen LogP contribution in [-0.2, 0) is 11.3 Å². The number of benzene rings is 1. The zero-order valence-corrected chi connectivity index (χ0v) is 11.8. The van der Waals surface area contributed by atoms with Crippen molar-refractivity contribution in [1.82, 2.24) is 4.90 Å². The van der Waals surface area contributed by atoms with Gasteiger partial charge < -0.3 is 15.4 Å². The average molecular weight is 283 g/mol. The number of likely N-dealkylation sites (N-methyl/N-ethyl adjacent to an activating group) is 1. The van der Waals surface area contributed by atoms with E-state index in [-0.39, 0.29) is 12.5 Å². The number of nitrogens with zero attached hydrogens (tertiary/aromatic N) is 1. The first kappa shape index (κ1) is 14.2. The highest BCUT2D eigenvalue weighted by atomic mass is 35.5. The van der Waals surface area contributed by atoms with Crippen LogP contribution in [0.3, 0.4) is 0 Å². The number of halogens is 1. The lowest BCUT2D eigenvalue weighted by molar-refractivity contribution is -0.133. The van der Waals surface area contributed by atoms with E-state index in [0.29, 0.717) is 23.4 Å². The molecule has 4 nitrogen and oxygen atoms in total. The van der Waals surface area contributed by atoms with Gasteiger partial charge in [-0.25, -0.2) is 0 Å². The van der Waals surface area contributed by atoms with Gasteiger partial charge in [-0.05, 0) is 25.8 Å².